The third-order valence-corrected chi connectivity index (χ3v) is 8.05. The van der Waals surface area contributed by atoms with Crippen LogP contribution >= 0.6 is 0 Å². The van der Waals surface area contributed by atoms with E-state index in [4.69, 9.17) is 0 Å². The highest BCUT2D eigenvalue weighted by Crippen LogP contribution is 2.30. The number of nitrogens with one attached hydrogen (secondary N) is 2. The molecule has 2 fully saturated rings. The average Bonchev–Trinajstić information content (AvgIpc) is 3.29. The van der Waals surface area contributed by atoms with Crippen molar-refractivity contribution in [1.29, 1.82) is 0 Å². The first-order valence-corrected chi connectivity index (χ1v) is 12.6. The highest BCUT2D eigenvalue weighted by Gasteiger charge is 2.31. The second-order valence-electron chi connectivity index (χ2n) is 8.84. The molecule has 1 aliphatic heterocycles. The lowest BCUT2D eigenvalue weighted by molar-refractivity contribution is -0.130. The molecule has 1 aliphatic carbocycles. The quantitative estimate of drug-likeness (QED) is 0.551. The number of phenolic OH excluding ortho intramolecular Hbond substituents is 1. The number of amides is 2. The topological polar surface area (TPSA) is 116 Å². The van der Waals surface area contributed by atoms with Gasteiger partial charge in [0.25, 0.3) is 0 Å². The Labute approximate surface area is 184 Å². The van der Waals surface area contributed by atoms with E-state index in [0.29, 0.717) is 13.1 Å². The van der Waals surface area contributed by atoms with Crippen LogP contribution in [-0.4, -0.2) is 48.8 Å². The van der Waals surface area contributed by atoms with Crippen LogP contribution in [0.2, 0.25) is 0 Å². The van der Waals surface area contributed by atoms with Gasteiger partial charge in [-0.05, 0) is 49.8 Å². The summed E-state index contributed by atoms with van der Waals surface area (Å²) in [5.74, 6) is -1.08. The van der Waals surface area contributed by atoms with Gasteiger partial charge in [-0.2, -0.15) is 4.31 Å². The molecular formula is C22H33N3O5S. The molecule has 0 bridgehead atoms. The highest BCUT2D eigenvalue weighted by molar-refractivity contribution is 7.89. The summed E-state index contributed by atoms with van der Waals surface area (Å²) in [4.78, 5) is 25.6. The van der Waals surface area contributed by atoms with Gasteiger partial charge in [0.05, 0.1) is 10.6 Å². The van der Waals surface area contributed by atoms with Gasteiger partial charge in [0.1, 0.15) is 11.8 Å². The van der Waals surface area contributed by atoms with Crippen LogP contribution in [0.15, 0.2) is 23.1 Å². The second-order valence-corrected chi connectivity index (χ2v) is 10.8. The van der Waals surface area contributed by atoms with Gasteiger partial charge in [-0.15, -0.1) is 0 Å². The van der Waals surface area contributed by atoms with Gasteiger partial charge in [0.15, 0.2) is 0 Å². The van der Waals surface area contributed by atoms with Crippen molar-refractivity contribution in [3.8, 4) is 5.75 Å². The SMILES string of the molecule is CC(C)C(NC(=O)C1CCCCC1)C(=O)Nc1cc(S(=O)(=O)N2CCCC2)ccc1O. The number of benzene rings is 1. The van der Waals surface area contributed by atoms with Crippen LogP contribution in [0, 0.1) is 11.8 Å². The van der Waals surface area contributed by atoms with E-state index >= 15 is 0 Å². The van der Waals surface area contributed by atoms with Crippen molar-refractivity contribution in [2.45, 2.75) is 69.7 Å². The Morgan fingerprint density at radius 1 is 1.06 bits per heavy atom. The fraction of sp³-hybridized carbons (Fsp3) is 0.636. The van der Waals surface area contributed by atoms with Crippen LogP contribution in [-0.2, 0) is 19.6 Å². The first-order chi connectivity index (χ1) is 14.7. The zero-order valence-electron chi connectivity index (χ0n) is 18.3. The van der Waals surface area contributed by atoms with Crippen molar-refractivity contribution in [3.05, 3.63) is 18.2 Å². The Bertz CT molecular complexity index is 904. The van der Waals surface area contributed by atoms with Gasteiger partial charge in [-0.25, -0.2) is 8.42 Å². The molecule has 2 aliphatic rings. The molecule has 8 nitrogen and oxygen atoms in total. The fourth-order valence-electron chi connectivity index (χ4n) is 4.23. The second kappa shape index (κ2) is 9.99. The van der Waals surface area contributed by atoms with Gasteiger partial charge >= 0.3 is 0 Å². The molecule has 1 aromatic rings. The number of hydrogen-bond donors (Lipinski definition) is 3. The minimum absolute atomic E-state index is 0.0165. The number of phenols is 1. The van der Waals surface area contributed by atoms with Crippen LogP contribution in [0.25, 0.3) is 0 Å². The van der Waals surface area contributed by atoms with Crippen LogP contribution in [0.3, 0.4) is 0 Å². The summed E-state index contributed by atoms with van der Waals surface area (Å²) in [7, 11) is -3.68. The summed E-state index contributed by atoms with van der Waals surface area (Å²) in [6.07, 6.45) is 6.46. The van der Waals surface area contributed by atoms with Crippen molar-refractivity contribution >= 4 is 27.5 Å². The number of anilines is 1. The summed E-state index contributed by atoms with van der Waals surface area (Å²) in [6, 6.07) is 3.10. The smallest absolute Gasteiger partial charge is 0.247 e. The van der Waals surface area contributed by atoms with Crippen molar-refractivity contribution in [3.63, 3.8) is 0 Å². The molecule has 1 aromatic carbocycles. The molecule has 1 saturated heterocycles. The van der Waals surface area contributed by atoms with Crippen LogP contribution < -0.4 is 10.6 Å². The number of carbonyl (C=O) groups is 2. The fourth-order valence-corrected chi connectivity index (χ4v) is 5.78. The summed E-state index contributed by atoms with van der Waals surface area (Å²) < 4.78 is 27.1. The largest absolute Gasteiger partial charge is 0.506 e. The van der Waals surface area contributed by atoms with E-state index in [1.807, 2.05) is 13.8 Å². The maximum absolute atomic E-state index is 12.9. The van der Waals surface area contributed by atoms with Crippen molar-refractivity contribution < 1.29 is 23.1 Å². The number of nitrogens with zero attached hydrogens (tertiary/aromatic N) is 1. The molecule has 2 amide bonds. The molecule has 0 radical (unpaired) electrons. The summed E-state index contributed by atoms with van der Waals surface area (Å²) >= 11 is 0. The van der Waals surface area contributed by atoms with Crippen LogP contribution in [0.5, 0.6) is 5.75 Å². The third kappa shape index (κ3) is 5.57. The number of aromatic hydroxyl groups is 1. The normalized spacial score (nSPS) is 19.3. The molecule has 0 spiro atoms. The van der Waals surface area contributed by atoms with Gasteiger partial charge in [-0.1, -0.05) is 33.1 Å². The van der Waals surface area contributed by atoms with E-state index in [1.165, 1.54) is 22.5 Å². The number of carbonyl (C=O) groups excluding carboxylic acids is 2. The molecule has 31 heavy (non-hydrogen) atoms. The minimum atomic E-state index is -3.68. The first kappa shape index (κ1) is 23.5. The Balaban J connectivity index is 1.74. The first-order valence-electron chi connectivity index (χ1n) is 11.1. The molecule has 1 atom stereocenters. The third-order valence-electron chi connectivity index (χ3n) is 6.15. The van der Waals surface area contributed by atoms with E-state index in [-0.39, 0.29) is 34.1 Å². The Hall–Kier alpha value is -2.13. The van der Waals surface area contributed by atoms with Crippen molar-refractivity contribution in [1.82, 2.24) is 9.62 Å². The summed E-state index contributed by atoms with van der Waals surface area (Å²) in [6.45, 7) is 4.60. The van der Waals surface area contributed by atoms with E-state index < -0.39 is 22.0 Å². The molecule has 3 N–H and O–H groups in total. The maximum Gasteiger partial charge on any atom is 0.247 e. The number of rotatable bonds is 7. The molecule has 0 aromatic heterocycles. The molecule has 1 heterocycles. The number of sulfonamides is 1. The van der Waals surface area contributed by atoms with Gasteiger partial charge in [-0.3, -0.25) is 9.59 Å². The maximum atomic E-state index is 12.9. The monoisotopic (exact) mass is 451 g/mol. The average molecular weight is 452 g/mol. The Kier molecular flexibility index (Phi) is 7.59. The zero-order valence-corrected chi connectivity index (χ0v) is 19.1. The van der Waals surface area contributed by atoms with E-state index in [2.05, 4.69) is 10.6 Å². The van der Waals surface area contributed by atoms with Crippen molar-refractivity contribution in [2.75, 3.05) is 18.4 Å². The van der Waals surface area contributed by atoms with E-state index in [9.17, 15) is 23.1 Å². The Morgan fingerprint density at radius 2 is 1.71 bits per heavy atom. The molecule has 9 heteroatoms. The van der Waals surface area contributed by atoms with Crippen LogP contribution in [0.1, 0.15) is 58.8 Å². The molecule has 172 valence electrons. The minimum Gasteiger partial charge on any atom is -0.506 e. The lowest BCUT2D eigenvalue weighted by Crippen LogP contribution is -2.49. The molecule has 1 unspecified atom stereocenters. The van der Waals surface area contributed by atoms with Crippen LogP contribution in [0.4, 0.5) is 5.69 Å². The zero-order chi connectivity index (χ0) is 22.6. The molecule has 3 rings (SSSR count). The standard InChI is InChI=1S/C22H33N3O5S/c1-15(2)20(24-21(27)16-8-4-3-5-9-16)22(28)23-18-14-17(10-11-19(18)26)31(29,30)25-12-6-7-13-25/h10-11,14-16,20,26H,3-9,12-13H2,1-2H3,(H,23,28)(H,24,27). The van der Waals surface area contributed by atoms with Gasteiger partial charge in [0.2, 0.25) is 21.8 Å². The highest BCUT2D eigenvalue weighted by atomic mass is 32.2. The van der Waals surface area contributed by atoms with E-state index in [1.54, 1.807) is 0 Å². The predicted molar refractivity (Wildman–Crippen MR) is 118 cm³/mol. The van der Waals surface area contributed by atoms with E-state index in [0.717, 1.165) is 44.9 Å². The van der Waals surface area contributed by atoms with Crippen molar-refractivity contribution in [2.24, 2.45) is 11.8 Å². The lowest BCUT2D eigenvalue weighted by atomic mass is 9.88. The predicted octanol–water partition coefficient (Wildman–Crippen LogP) is 2.84. The molecular weight excluding hydrogens is 418 g/mol. The summed E-state index contributed by atoms with van der Waals surface area (Å²) in [5, 5.41) is 15.7. The molecule has 1 saturated carbocycles. The number of hydrogen-bond acceptors (Lipinski definition) is 5. The Morgan fingerprint density at radius 3 is 2.32 bits per heavy atom. The van der Waals surface area contributed by atoms with Gasteiger partial charge < -0.3 is 15.7 Å². The summed E-state index contributed by atoms with van der Waals surface area (Å²) in [5.41, 5.74) is 0.0165. The van der Waals surface area contributed by atoms with Gasteiger partial charge in [0, 0.05) is 19.0 Å². The lowest BCUT2D eigenvalue weighted by Gasteiger charge is -2.26.